The van der Waals surface area contributed by atoms with Gasteiger partial charge >= 0.3 is 6.18 Å². The van der Waals surface area contributed by atoms with Gasteiger partial charge < -0.3 is 20.1 Å². The van der Waals surface area contributed by atoms with Crippen LogP contribution in [-0.4, -0.2) is 44.3 Å². The van der Waals surface area contributed by atoms with Crippen molar-refractivity contribution in [3.05, 3.63) is 40.3 Å². The number of halogens is 4. The van der Waals surface area contributed by atoms with Crippen LogP contribution in [-0.2, 0) is 12.6 Å². The highest BCUT2D eigenvalue weighted by atomic mass is 127. The zero-order valence-electron chi connectivity index (χ0n) is 16.2. The number of methoxy groups -OCH3 is 1. The van der Waals surface area contributed by atoms with E-state index in [-0.39, 0.29) is 30.1 Å². The zero-order chi connectivity index (χ0) is 20.6. The summed E-state index contributed by atoms with van der Waals surface area (Å²) in [5, 5.41) is 7.62. The summed E-state index contributed by atoms with van der Waals surface area (Å²) in [5.74, 6) is 2.02. The van der Waals surface area contributed by atoms with Crippen LogP contribution in [0.5, 0.6) is 11.5 Å². The summed E-state index contributed by atoms with van der Waals surface area (Å²) in [6, 6.07) is 7.29. The highest BCUT2D eigenvalue weighted by Gasteiger charge is 2.33. The second kappa shape index (κ2) is 12.1. The smallest absolute Gasteiger partial charge is 0.434 e. The Morgan fingerprint density at radius 2 is 1.86 bits per heavy atom. The van der Waals surface area contributed by atoms with E-state index in [1.165, 1.54) is 0 Å². The quantitative estimate of drug-likeness (QED) is 0.299. The number of guanidine groups is 1. The molecule has 0 bridgehead atoms. The summed E-state index contributed by atoms with van der Waals surface area (Å²) in [7, 11) is 3.22. The van der Waals surface area contributed by atoms with E-state index in [1.807, 2.05) is 31.2 Å². The normalized spacial score (nSPS) is 12.7. The highest BCUT2D eigenvalue weighted by molar-refractivity contribution is 14.0. The Balaban J connectivity index is 0.00000420. The first-order chi connectivity index (χ1) is 13.3. The van der Waals surface area contributed by atoms with Crippen molar-refractivity contribution in [3.63, 3.8) is 0 Å². The molecule has 1 aromatic carbocycles. The number of ether oxygens (including phenoxy) is 2. The molecular formula is C18H24F3IN4O2S. The maximum absolute atomic E-state index is 12.6. The van der Waals surface area contributed by atoms with Crippen molar-refractivity contribution in [3.8, 4) is 11.5 Å². The molecule has 2 rings (SSSR count). The number of rotatable bonds is 8. The largest absolute Gasteiger partial charge is 0.497 e. The summed E-state index contributed by atoms with van der Waals surface area (Å²) >= 11 is 0.997. The molecule has 0 aliphatic heterocycles. The fourth-order valence-corrected chi connectivity index (χ4v) is 3.04. The van der Waals surface area contributed by atoms with E-state index in [2.05, 4.69) is 20.6 Å². The number of alkyl halides is 3. The maximum Gasteiger partial charge on any atom is 0.434 e. The molecule has 1 atom stereocenters. The molecule has 0 fully saturated rings. The average Bonchev–Trinajstić information content (AvgIpc) is 3.14. The van der Waals surface area contributed by atoms with Crippen LogP contribution in [0.15, 0.2) is 34.6 Å². The molecular weight excluding hydrogens is 520 g/mol. The molecule has 0 aliphatic carbocycles. The van der Waals surface area contributed by atoms with Gasteiger partial charge in [0.05, 0.1) is 18.7 Å². The molecule has 0 saturated heterocycles. The molecule has 1 aromatic heterocycles. The van der Waals surface area contributed by atoms with Crippen molar-refractivity contribution in [1.29, 1.82) is 0 Å². The Hall–Kier alpha value is -1.76. The summed E-state index contributed by atoms with van der Waals surface area (Å²) in [4.78, 5) is 7.69. The van der Waals surface area contributed by atoms with E-state index >= 15 is 0 Å². The lowest BCUT2D eigenvalue weighted by atomic mass is 10.3. The highest BCUT2D eigenvalue weighted by Crippen LogP contribution is 2.30. The van der Waals surface area contributed by atoms with Crippen molar-refractivity contribution >= 4 is 41.3 Å². The molecule has 162 valence electrons. The number of nitrogens with one attached hydrogen (secondary N) is 2. The minimum atomic E-state index is -4.40. The number of thiazole rings is 1. The molecule has 0 spiro atoms. The van der Waals surface area contributed by atoms with Crippen LogP contribution in [0, 0.1) is 0 Å². The first kappa shape index (κ1) is 25.3. The second-order valence-corrected chi connectivity index (χ2v) is 6.80. The lowest BCUT2D eigenvalue weighted by Gasteiger charge is -2.17. The predicted octanol–water partition coefficient (Wildman–Crippen LogP) is 3.96. The predicted molar refractivity (Wildman–Crippen MR) is 119 cm³/mol. The topological polar surface area (TPSA) is 67.8 Å². The van der Waals surface area contributed by atoms with Gasteiger partial charge in [-0.3, -0.25) is 4.99 Å². The number of nitrogens with zero attached hydrogens (tertiary/aromatic N) is 2. The van der Waals surface area contributed by atoms with E-state index in [4.69, 9.17) is 9.47 Å². The van der Waals surface area contributed by atoms with Crippen LogP contribution in [0.2, 0.25) is 0 Å². The van der Waals surface area contributed by atoms with Gasteiger partial charge in [0.15, 0.2) is 11.7 Å². The average molecular weight is 544 g/mol. The minimum absolute atomic E-state index is 0. The van der Waals surface area contributed by atoms with E-state index in [1.54, 1.807) is 14.2 Å². The Morgan fingerprint density at radius 3 is 2.41 bits per heavy atom. The third-order valence-electron chi connectivity index (χ3n) is 3.65. The molecule has 2 aromatic rings. The van der Waals surface area contributed by atoms with Crippen molar-refractivity contribution in [2.45, 2.75) is 25.6 Å². The van der Waals surface area contributed by atoms with Gasteiger partial charge in [-0.25, -0.2) is 4.98 Å². The summed E-state index contributed by atoms with van der Waals surface area (Å²) in [5.41, 5.74) is -0.848. The van der Waals surface area contributed by atoms with E-state index in [0.29, 0.717) is 30.5 Å². The monoisotopic (exact) mass is 544 g/mol. The molecule has 29 heavy (non-hydrogen) atoms. The van der Waals surface area contributed by atoms with E-state index in [0.717, 1.165) is 28.2 Å². The molecule has 6 nitrogen and oxygen atoms in total. The van der Waals surface area contributed by atoms with Gasteiger partial charge in [-0.15, -0.1) is 35.3 Å². The van der Waals surface area contributed by atoms with Crippen LogP contribution < -0.4 is 20.1 Å². The summed E-state index contributed by atoms with van der Waals surface area (Å²) in [6.45, 7) is 2.83. The van der Waals surface area contributed by atoms with Crippen molar-refractivity contribution < 1.29 is 22.6 Å². The van der Waals surface area contributed by atoms with Gasteiger partial charge in [0, 0.05) is 25.4 Å². The molecule has 0 aliphatic rings. The number of hydrogen-bond acceptors (Lipinski definition) is 5. The summed E-state index contributed by atoms with van der Waals surface area (Å²) in [6.07, 6.45) is -4.15. The van der Waals surface area contributed by atoms with E-state index < -0.39 is 11.9 Å². The fraction of sp³-hybridized carbons (Fsp3) is 0.444. The number of benzene rings is 1. The lowest BCUT2D eigenvalue weighted by Crippen LogP contribution is -2.42. The first-order valence-electron chi connectivity index (χ1n) is 8.58. The number of aromatic nitrogens is 1. The SMILES string of the molecule is CN=C(NCCc1nc(C(F)(F)F)cs1)NCC(C)Oc1ccc(OC)cc1.I. The first-order valence-corrected chi connectivity index (χ1v) is 9.46. The van der Waals surface area contributed by atoms with Crippen molar-refractivity contribution in [1.82, 2.24) is 15.6 Å². The van der Waals surface area contributed by atoms with E-state index in [9.17, 15) is 13.2 Å². The van der Waals surface area contributed by atoms with Crippen LogP contribution >= 0.6 is 35.3 Å². The molecule has 1 unspecified atom stereocenters. The molecule has 0 amide bonds. The molecule has 2 N–H and O–H groups in total. The Bertz CT molecular complexity index is 769. The van der Waals surface area contributed by atoms with Crippen LogP contribution in [0.4, 0.5) is 13.2 Å². The minimum Gasteiger partial charge on any atom is -0.497 e. The van der Waals surface area contributed by atoms with Gasteiger partial charge in [-0.2, -0.15) is 13.2 Å². The summed E-state index contributed by atoms with van der Waals surface area (Å²) < 4.78 is 48.6. The number of hydrogen-bond donors (Lipinski definition) is 2. The van der Waals surface area contributed by atoms with Gasteiger partial charge in [0.25, 0.3) is 0 Å². The maximum atomic E-state index is 12.6. The standard InChI is InChI=1S/C18H23F3N4O2S.HI/c1-12(27-14-6-4-13(26-3)5-7-14)10-24-17(22-2)23-9-8-16-25-15(11-28-16)18(19,20)21;/h4-7,11-12H,8-10H2,1-3H3,(H2,22,23,24);1H. The van der Waals surface area contributed by atoms with Gasteiger partial charge in [0.1, 0.15) is 17.6 Å². The van der Waals surface area contributed by atoms with Gasteiger partial charge in [-0.05, 0) is 31.2 Å². The molecule has 1 heterocycles. The van der Waals surface area contributed by atoms with Crippen molar-refractivity contribution in [2.24, 2.45) is 4.99 Å². The number of aliphatic imine (C=N–C) groups is 1. The zero-order valence-corrected chi connectivity index (χ0v) is 19.4. The second-order valence-electron chi connectivity index (χ2n) is 5.86. The Morgan fingerprint density at radius 1 is 1.21 bits per heavy atom. The molecule has 0 radical (unpaired) electrons. The van der Waals surface area contributed by atoms with Crippen LogP contribution in [0.25, 0.3) is 0 Å². The Labute approximate surface area is 188 Å². The van der Waals surface area contributed by atoms with Crippen LogP contribution in [0.1, 0.15) is 17.6 Å². The molecule has 11 heteroatoms. The van der Waals surface area contributed by atoms with Gasteiger partial charge in [-0.1, -0.05) is 0 Å². The third kappa shape index (κ3) is 8.64. The third-order valence-corrected chi connectivity index (χ3v) is 4.56. The Kier molecular flexibility index (Phi) is 10.5. The van der Waals surface area contributed by atoms with Crippen molar-refractivity contribution in [2.75, 3.05) is 27.2 Å². The molecule has 0 saturated carbocycles. The fourth-order valence-electron chi connectivity index (χ4n) is 2.23. The van der Waals surface area contributed by atoms with Gasteiger partial charge in [0.2, 0.25) is 0 Å². The lowest BCUT2D eigenvalue weighted by molar-refractivity contribution is -0.140. The van der Waals surface area contributed by atoms with Crippen LogP contribution in [0.3, 0.4) is 0 Å².